The molecule has 3 aromatic heterocycles. The average Bonchev–Trinajstić information content (AvgIpc) is 3.23. The van der Waals surface area contributed by atoms with Crippen LogP contribution in [0.2, 0.25) is 5.02 Å². The van der Waals surface area contributed by atoms with E-state index in [9.17, 15) is 0 Å². The number of nitrogens with one attached hydrogen (secondary N) is 2. The molecule has 0 saturated carbocycles. The van der Waals surface area contributed by atoms with Crippen LogP contribution in [0.1, 0.15) is 5.56 Å². The summed E-state index contributed by atoms with van der Waals surface area (Å²) in [5.74, 6) is 1.22. The summed E-state index contributed by atoms with van der Waals surface area (Å²) in [6, 6.07) is 9.41. The summed E-state index contributed by atoms with van der Waals surface area (Å²) in [7, 11) is 0. The first-order valence-corrected chi connectivity index (χ1v) is 8.39. The highest BCUT2D eigenvalue weighted by molar-refractivity contribution is 7.08. The number of benzene rings is 1. The number of anilines is 2. The lowest BCUT2D eigenvalue weighted by Gasteiger charge is -2.06. The van der Waals surface area contributed by atoms with Gasteiger partial charge < -0.3 is 5.32 Å². The van der Waals surface area contributed by atoms with Gasteiger partial charge in [0, 0.05) is 22.5 Å². The molecule has 1 aromatic carbocycles. The SMILES string of the molecule is Clc1cccc(Nc2ncnc3n[nH]c(N=Cc4ccsc4)c23)c1. The van der Waals surface area contributed by atoms with Crippen molar-refractivity contribution in [3.63, 3.8) is 0 Å². The second-order valence-electron chi connectivity index (χ2n) is 4.94. The molecule has 2 N–H and O–H groups in total. The molecule has 3 heterocycles. The van der Waals surface area contributed by atoms with Crippen molar-refractivity contribution in [2.45, 2.75) is 0 Å². The molecule has 4 aromatic rings. The lowest BCUT2D eigenvalue weighted by atomic mass is 10.3. The third kappa shape index (κ3) is 2.99. The Labute approximate surface area is 146 Å². The third-order valence-electron chi connectivity index (χ3n) is 3.31. The summed E-state index contributed by atoms with van der Waals surface area (Å²) in [5, 5.41) is 15.7. The lowest BCUT2D eigenvalue weighted by Crippen LogP contribution is -1.95. The van der Waals surface area contributed by atoms with Crippen molar-refractivity contribution in [2.75, 3.05) is 5.32 Å². The van der Waals surface area contributed by atoms with E-state index in [1.807, 2.05) is 41.1 Å². The predicted molar refractivity (Wildman–Crippen MR) is 98.0 cm³/mol. The van der Waals surface area contributed by atoms with Gasteiger partial charge in [-0.2, -0.15) is 16.4 Å². The zero-order chi connectivity index (χ0) is 16.4. The van der Waals surface area contributed by atoms with Crippen LogP contribution in [0.3, 0.4) is 0 Å². The number of fused-ring (bicyclic) bond motifs is 1. The van der Waals surface area contributed by atoms with E-state index in [1.54, 1.807) is 17.6 Å². The molecular weight excluding hydrogens is 344 g/mol. The molecule has 24 heavy (non-hydrogen) atoms. The molecule has 0 unspecified atom stereocenters. The summed E-state index contributed by atoms with van der Waals surface area (Å²) in [6.07, 6.45) is 3.24. The molecule has 0 fully saturated rings. The highest BCUT2D eigenvalue weighted by Gasteiger charge is 2.12. The monoisotopic (exact) mass is 354 g/mol. The van der Waals surface area contributed by atoms with Gasteiger partial charge in [0.1, 0.15) is 17.5 Å². The lowest BCUT2D eigenvalue weighted by molar-refractivity contribution is 1.08. The second-order valence-corrected chi connectivity index (χ2v) is 6.16. The molecule has 0 atom stereocenters. The van der Waals surface area contributed by atoms with Crippen molar-refractivity contribution in [2.24, 2.45) is 4.99 Å². The summed E-state index contributed by atoms with van der Waals surface area (Å²) in [5.41, 5.74) is 2.41. The maximum absolute atomic E-state index is 6.03. The number of nitrogens with zero attached hydrogens (tertiary/aromatic N) is 4. The van der Waals surface area contributed by atoms with E-state index in [2.05, 4.69) is 30.5 Å². The Hall–Kier alpha value is -2.77. The van der Waals surface area contributed by atoms with E-state index in [0.717, 1.165) is 16.6 Å². The molecule has 0 radical (unpaired) electrons. The van der Waals surface area contributed by atoms with E-state index in [0.29, 0.717) is 22.3 Å². The van der Waals surface area contributed by atoms with Gasteiger partial charge in [0.25, 0.3) is 0 Å². The Morgan fingerprint density at radius 3 is 3.04 bits per heavy atom. The Morgan fingerprint density at radius 2 is 2.21 bits per heavy atom. The van der Waals surface area contributed by atoms with Crippen molar-refractivity contribution < 1.29 is 0 Å². The van der Waals surface area contributed by atoms with Gasteiger partial charge in [0.05, 0.1) is 0 Å². The van der Waals surface area contributed by atoms with Gasteiger partial charge in [-0.25, -0.2) is 15.0 Å². The standard InChI is InChI=1S/C16H11ClN6S/c17-11-2-1-3-12(6-11)21-14-13-15(18-7-10-4-5-24-8-10)22-23-16(13)20-9-19-14/h1-9H,(H2,19,20,21,22,23). The number of thiophene rings is 1. The molecular formula is C16H11ClN6S. The number of aromatic amines is 1. The smallest absolute Gasteiger partial charge is 0.188 e. The van der Waals surface area contributed by atoms with Gasteiger partial charge in [0.2, 0.25) is 0 Å². The minimum Gasteiger partial charge on any atom is -0.339 e. The number of H-pyrrole nitrogens is 1. The topological polar surface area (TPSA) is 78.9 Å². The van der Waals surface area contributed by atoms with Crippen LogP contribution in [0.5, 0.6) is 0 Å². The van der Waals surface area contributed by atoms with Gasteiger partial charge in [0.15, 0.2) is 11.5 Å². The first kappa shape index (κ1) is 14.8. The molecule has 6 nitrogen and oxygen atoms in total. The van der Waals surface area contributed by atoms with Crippen LogP contribution in [0.25, 0.3) is 11.0 Å². The van der Waals surface area contributed by atoms with Crippen LogP contribution in [-0.2, 0) is 0 Å². The highest BCUT2D eigenvalue weighted by atomic mass is 35.5. The number of halogens is 1. The van der Waals surface area contributed by atoms with Crippen LogP contribution < -0.4 is 5.32 Å². The van der Waals surface area contributed by atoms with Gasteiger partial charge in [-0.1, -0.05) is 17.7 Å². The average molecular weight is 355 g/mol. The summed E-state index contributed by atoms with van der Waals surface area (Å²) in [6.45, 7) is 0. The number of hydrogen-bond acceptors (Lipinski definition) is 6. The van der Waals surface area contributed by atoms with E-state index in [4.69, 9.17) is 11.6 Å². The zero-order valence-electron chi connectivity index (χ0n) is 12.3. The van der Waals surface area contributed by atoms with Crippen LogP contribution >= 0.6 is 22.9 Å². The van der Waals surface area contributed by atoms with Crippen LogP contribution in [-0.4, -0.2) is 26.4 Å². The first-order chi connectivity index (χ1) is 11.8. The maximum Gasteiger partial charge on any atom is 0.188 e. The molecule has 0 aliphatic heterocycles. The first-order valence-electron chi connectivity index (χ1n) is 7.07. The fourth-order valence-electron chi connectivity index (χ4n) is 2.22. The van der Waals surface area contributed by atoms with E-state index < -0.39 is 0 Å². The Bertz CT molecular complexity index is 1010. The number of aromatic nitrogens is 4. The van der Waals surface area contributed by atoms with Crippen molar-refractivity contribution in [3.8, 4) is 0 Å². The van der Waals surface area contributed by atoms with Crippen LogP contribution in [0.15, 0.2) is 52.4 Å². The summed E-state index contributed by atoms with van der Waals surface area (Å²) >= 11 is 7.65. The Morgan fingerprint density at radius 1 is 1.25 bits per heavy atom. The zero-order valence-corrected chi connectivity index (χ0v) is 13.8. The van der Waals surface area contributed by atoms with E-state index in [-0.39, 0.29) is 0 Å². The van der Waals surface area contributed by atoms with Gasteiger partial charge in [-0.15, -0.1) is 0 Å². The summed E-state index contributed by atoms with van der Waals surface area (Å²) < 4.78 is 0. The van der Waals surface area contributed by atoms with Gasteiger partial charge in [-0.05, 0) is 35.0 Å². The highest BCUT2D eigenvalue weighted by Crippen LogP contribution is 2.30. The molecule has 4 rings (SSSR count). The van der Waals surface area contributed by atoms with E-state index in [1.165, 1.54) is 6.33 Å². The van der Waals surface area contributed by atoms with Gasteiger partial charge >= 0.3 is 0 Å². The minimum atomic E-state index is 0.548. The van der Waals surface area contributed by atoms with E-state index >= 15 is 0 Å². The van der Waals surface area contributed by atoms with Crippen molar-refractivity contribution in [3.05, 3.63) is 58.0 Å². The number of aliphatic imine (C=N–C) groups is 1. The fraction of sp³-hybridized carbons (Fsp3) is 0. The van der Waals surface area contributed by atoms with Gasteiger partial charge in [-0.3, -0.25) is 5.10 Å². The molecule has 8 heteroatoms. The molecule has 0 bridgehead atoms. The fourth-order valence-corrected chi connectivity index (χ4v) is 3.02. The molecule has 0 amide bonds. The van der Waals surface area contributed by atoms with Crippen LogP contribution in [0, 0.1) is 0 Å². The summed E-state index contributed by atoms with van der Waals surface area (Å²) in [4.78, 5) is 13.0. The number of rotatable bonds is 4. The van der Waals surface area contributed by atoms with Crippen molar-refractivity contribution in [1.82, 2.24) is 20.2 Å². The minimum absolute atomic E-state index is 0.548. The molecule has 0 aliphatic carbocycles. The molecule has 0 saturated heterocycles. The maximum atomic E-state index is 6.03. The molecule has 0 spiro atoms. The Balaban J connectivity index is 1.74. The van der Waals surface area contributed by atoms with Crippen molar-refractivity contribution in [1.29, 1.82) is 0 Å². The predicted octanol–water partition coefficient (Wildman–Crippen LogP) is 4.56. The normalized spacial score (nSPS) is 11.4. The molecule has 118 valence electrons. The second kappa shape index (κ2) is 6.38. The third-order valence-corrected chi connectivity index (χ3v) is 4.24. The van der Waals surface area contributed by atoms with Crippen LogP contribution in [0.4, 0.5) is 17.3 Å². The Kier molecular flexibility index (Phi) is 3.94. The molecule has 0 aliphatic rings. The van der Waals surface area contributed by atoms with Crippen molar-refractivity contribution >= 4 is 57.5 Å². The largest absolute Gasteiger partial charge is 0.339 e. The quantitative estimate of drug-likeness (QED) is 0.526. The number of hydrogen-bond donors (Lipinski definition) is 2.